The van der Waals surface area contributed by atoms with Crippen LogP contribution in [-0.2, 0) is 4.74 Å². The molecule has 0 aromatic rings. The molecule has 1 N–H and O–H groups in total. The molecule has 3 nitrogen and oxygen atoms in total. The SMILES string of the molecule is CCCCOC(=O)NC(C)C.[HH]. The summed E-state index contributed by atoms with van der Waals surface area (Å²) in [6.07, 6.45) is 1.67. The lowest BCUT2D eigenvalue weighted by atomic mass is 10.4. The summed E-state index contributed by atoms with van der Waals surface area (Å²) in [5.74, 6) is 0. The molecule has 0 aliphatic heterocycles. The summed E-state index contributed by atoms with van der Waals surface area (Å²) < 4.78 is 4.84. The van der Waals surface area contributed by atoms with Crippen LogP contribution < -0.4 is 5.32 Å². The number of rotatable bonds is 4. The van der Waals surface area contributed by atoms with Crippen LogP contribution in [0.25, 0.3) is 0 Å². The van der Waals surface area contributed by atoms with E-state index in [1.807, 2.05) is 13.8 Å². The minimum Gasteiger partial charge on any atom is -0.450 e. The van der Waals surface area contributed by atoms with Crippen LogP contribution in [-0.4, -0.2) is 18.7 Å². The highest BCUT2D eigenvalue weighted by Gasteiger charge is 2.01. The molecule has 3 heteroatoms. The zero-order valence-corrected chi connectivity index (χ0v) is 7.52. The van der Waals surface area contributed by atoms with Crippen molar-refractivity contribution in [1.29, 1.82) is 0 Å². The summed E-state index contributed by atoms with van der Waals surface area (Å²) in [4.78, 5) is 10.8. The van der Waals surface area contributed by atoms with E-state index in [2.05, 4.69) is 12.2 Å². The monoisotopic (exact) mass is 161 g/mol. The molecule has 0 aliphatic rings. The molecule has 68 valence electrons. The number of amides is 1. The molecule has 0 bridgehead atoms. The Kier molecular flexibility index (Phi) is 5.61. The Morgan fingerprint density at radius 2 is 2.27 bits per heavy atom. The molecule has 0 rings (SSSR count). The molecule has 0 heterocycles. The summed E-state index contributed by atoms with van der Waals surface area (Å²) in [6.45, 7) is 6.39. The van der Waals surface area contributed by atoms with Gasteiger partial charge in [0.25, 0.3) is 0 Å². The van der Waals surface area contributed by atoms with Gasteiger partial charge in [-0.1, -0.05) is 13.3 Å². The lowest BCUT2D eigenvalue weighted by Gasteiger charge is -2.08. The van der Waals surface area contributed by atoms with E-state index in [-0.39, 0.29) is 13.6 Å². The third-order valence-corrected chi connectivity index (χ3v) is 1.14. The summed E-state index contributed by atoms with van der Waals surface area (Å²) in [5, 5.41) is 2.64. The molecule has 0 fully saturated rings. The van der Waals surface area contributed by atoms with E-state index >= 15 is 0 Å². The number of carbonyl (C=O) groups is 1. The quantitative estimate of drug-likeness (QED) is 0.642. The van der Waals surface area contributed by atoms with Gasteiger partial charge in [0.15, 0.2) is 0 Å². The van der Waals surface area contributed by atoms with Crippen molar-refractivity contribution in [2.24, 2.45) is 0 Å². The van der Waals surface area contributed by atoms with Gasteiger partial charge in [-0.15, -0.1) is 0 Å². The Morgan fingerprint density at radius 3 is 2.73 bits per heavy atom. The average Bonchev–Trinajstić information content (AvgIpc) is 1.86. The van der Waals surface area contributed by atoms with Crippen LogP contribution in [0.4, 0.5) is 4.79 Å². The smallest absolute Gasteiger partial charge is 0.407 e. The molecular weight excluding hydrogens is 142 g/mol. The van der Waals surface area contributed by atoms with E-state index in [4.69, 9.17) is 4.74 Å². The minimum absolute atomic E-state index is 0. The highest BCUT2D eigenvalue weighted by atomic mass is 16.5. The molecule has 0 aromatic heterocycles. The molecule has 0 atom stereocenters. The predicted molar refractivity (Wildman–Crippen MR) is 46.6 cm³/mol. The summed E-state index contributed by atoms with van der Waals surface area (Å²) >= 11 is 0. The topological polar surface area (TPSA) is 38.3 Å². The first-order valence-electron chi connectivity index (χ1n) is 4.10. The molecule has 0 unspecified atom stereocenters. The van der Waals surface area contributed by atoms with Crippen LogP contribution in [0.2, 0.25) is 0 Å². The first-order valence-corrected chi connectivity index (χ1v) is 4.10. The van der Waals surface area contributed by atoms with Gasteiger partial charge >= 0.3 is 6.09 Å². The van der Waals surface area contributed by atoms with Gasteiger partial charge in [-0.25, -0.2) is 4.79 Å². The molecule has 0 aliphatic carbocycles. The lowest BCUT2D eigenvalue weighted by Crippen LogP contribution is -2.30. The highest BCUT2D eigenvalue weighted by molar-refractivity contribution is 5.67. The van der Waals surface area contributed by atoms with E-state index < -0.39 is 0 Å². The van der Waals surface area contributed by atoms with Gasteiger partial charge in [0.05, 0.1) is 6.61 Å². The van der Waals surface area contributed by atoms with Crippen molar-refractivity contribution in [3.8, 4) is 0 Å². The summed E-state index contributed by atoms with van der Waals surface area (Å²) in [6, 6.07) is 0.157. The van der Waals surface area contributed by atoms with E-state index in [9.17, 15) is 4.79 Å². The maximum absolute atomic E-state index is 10.8. The second-order valence-corrected chi connectivity index (χ2v) is 2.79. The number of hydrogen-bond donors (Lipinski definition) is 1. The van der Waals surface area contributed by atoms with Crippen molar-refractivity contribution >= 4 is 6.09 Å². The van der Waals surface area contributed by atoms with E-state index in [1.54, 1.807) is 0 Å². The predicted octanol–water partition coefficient (Wildman–Crippen LogP) is 2.17. The number of hydrogen-bond acceptors (Lipinski definition) is 2. The first-order chi connectivity index (χ1) is 5.16. The Labute approximate surface area is 69.6 Å². The summed E-state index contributed by atoms with van der Waals surface area (Å²) in [5.41, 5.74) is 0. The van der Waals surface area contributed by atoms with Crippen molar-refractivity contribution in [3.05, 3.63) is 0 Å². The Morgan fingerprint density at radius 1 is 1.64 bits per heavy atom. The lowest BCUT2D eigenvalue weighted by molar-refractivity contribution is 0.142. The molecule has 1 amide bonds. The Bertz CT molecular complexity index is 118. The van der Waals surface area contributed by atoms with Gasteiger partial charge < -0.3 is 10.1 Å². The van der Waals surface area contributed by atoms with Crippen LogP contribution >= 0.6 is 0 Å². The normalized spacial score (nSPS) is 9.82. The fourth-order valence-corrected chi connectivity index (χ4v) is 0.587. The Hall–Kier alpha value is -0.730. The molecule has 0 saturated heterocycles. The molecular formula is C8H19NO2. The van der Waals surface area contributed by atoms with Crippen molar-refractivity contribution < 1.29 is 11.0 Å². The number of carbonyl (C=O) groups excluding carboxylic acids is 1. The Balaban J connectivity index is 0. The molecule has 0 saturated carbocycles. The van der Waals surface area contributed by atoms with Gasteiger partial charge in [0.2, 0.25) is 0 Å². The van der Waals surface area contributed by atoms with E-state index in [0.29, 0.717) is 6.61 Å². The zero-order chi connectivity index (χ0) is 8.69. The molecule has 0 radical (unpaired) electrons. The molecule has 11 heavy (non-hydrogen) atoms. The minimum atomic E-state index is -0.312. The maximum atomic E-state index is 10.8. The van der Waals surface area contributed by atoms with Crippen molar-refractivity contribution in [3.63, 3.8) is 0 Å². The van der Waals surface area contributed by atoms with E-state index in [1.165, 1.54) is 0 Å². The van der Waals surface area contributed by atoms with Crippen LogP contribution in [0, 0.1) is 0 Å². The largest absolute Gasteiger partial charge is 0.450 e. The number of alkyl carbamates (subject to hydrolysis) is 1. The van der Waals surface area contributed by atoms with Crippen molar-refractivity contribution in [2.75, 3.05) is 6.61 Å². The first kappa shape index (κ1) is 10.3. The van der Waals surface area contributed by atoms with Gasteiger partial charge in [-0.2, -0.15) is 0 Å². The fourth-order valence-electron chi connectivity index (χ4n) is 0.587. The maximum Gasteiger partial charge on any atom is 0.407 e. The van der Waals surface area contributed by atoms with Crippen LogP contribution in [0.3, 0.4) is 0 Å². The third-order valence-electron chi connectivity index (χ3n) is 1.14. The van der Waals surface area contributed by atoms with Gasteiger partial charge in [0.1, 0.15) is 0 Å². The fraction of sp³-hybridized carbons (Fsp3) is 0.875. The molecule has 0 aromatic carbocycles. The second kappa shape index (κ2) is 6.01. The van der Waals surface area contributed by atoms with Crippen LogP contribution in [0.5, 0.6) is 0 Å². The second-order valence-electron chi connectivity index (χ2n) is 2.79. The molecule has 0 spiro atoms. The van der Waals surface area contributed by atoms with Crippen LogP contribution in [0.15, 0.2) is 0 Å². The number of ether oxygens (including phenoxy) is 1. The van der Waals surface area contributed by atoms with Crippen molar-refractivity contribution in [2.45, 2.75) is 39.7 Å². The zero-order valence-electron chi connectivity index (χ0n) is 7.52. The van der Waals surface area contributed by atoms with E-state index in [0.717, 1.165) is 12.8 Å². The van der Waals surface area contributed by atoms with Crippen molar-refractivity contribution in [1.82, 2.24) is 5.32 Å². The average molecular weight is 161 g/mol. The number of unbranched alkanes of at least 4 members (excludes halogenated alkanes) is 1. The van der Waals surface area contributed by atoms with Gasteiger partial charge in [-0.3, -0.25) is 0 Å². The van der Waals surface area contributed by atoms with Crippen LogP contribution in [0.1, 0.15) is 35.0 Å². The van der Waals surface area contributed by atoms with Gasteiger partial charge in [-0.05, 0) is 20.3 Å². The van der Waals surface area contributed by atoms with Gasteiger partial charge in [0, 0.05) is 7.47 Å². The third kappa shape index (κ3) is 7.16. The summed E-state index contributed by atoms with van der Waals surface area (Å²) in [7, 11) is 0. The number of nitrogens with one attached hydrogen (secondary N) is 1. The highest BCUT2D eigenvalue weighted by Crippen LogP contribution is 1.89. The standard InChI is InChI=1S/C8H17NO2.H2/c1-4-5-6-11-8(10)9-7(2)3;/h7H,4-6H2,1-3H3,(H,9,10);1H.